The van der Waals surface area contributed by atoms with Gasteiger partial charge in [-0.05, 0) is 56.5 Å². The summed E-state index contributed by atoms with van der Waals surface area (Å²) in [7, 11) is 0. The van der Waals surface area contributed by atoms with Crippen molar-refractivity contribution < 1.29 is 4.55 Å². The molecule has 0 fully saturated rings. The van der Waals surface area contributed by atoms with Gasteiger partial charge in [-0.2, -0.15) is 5.10 Å². The third kappa shape index (κ3) is 2.76. The van der Waals surface area contributed by atoms with Crippen molar-refractivity contribution in [1.29, 1.82) is 0 Å². The number of halogens is 1. The van der Waals surface area contributed by atoms with E-state index >= 15 is 0 Å². The first-order valence-corrected chi connectivity index (χ1v) is 8.16. The molecule has 0 spiro atoms. The predicted octanol–water partition coefficient (Wildman–Crippen LogP) is 2.84. The Morgan fingerprint density at radius 2 is 2.17 bits per heavy atom. The third-order valence-corrected chi connectivity index (χ3v) is 5.68. The fourth-order valence-electron chi connectivity index (χ4n) is 2.08. The van der Waals surface area contributed by atoms with Gasteiger partial charge in [-0.25, -0.2) is 0 Å². The van der Waals surface area contributed by atoms with Crippen molar-refractivity contribution in [2.24, 2.45) is 0 Å². The van der Waals surface area contributed by atoms with Gasteiger partial charge in [-0.1, -0.05) is 0 Å². The van der Waals surface area contributed by atoms with E-state index < -0.39 is 11.4 Å². The molecule has 2 rings (SSSR count). The molecule has 1 aromatic rings. The van der Waals surface area contributed by atoms with Gasteiger partial charge in [0.2, 0.25) is 0 Å². The molecule has 1 N–H and O–H groups in total. The average molecular weight is 334 g/mol. The SMILES string of the molecule is Cc1nn2c(c1Br)[C@H](N[S+]([O-])C(C)(C)C)CCC2. The van der Waals surface area contributed by atoms with Gasteiger partial charge in [0.15, 0.2) is 0 Å². The monoisotopic (exact) mass is 333 g/mol. The minimum Gasteiger partial charge on any atom is -0.598 e. The quantitative estimate of drug-likeness (QED) is 0.846. The van der Waals surface area contributed by atoms with Crippen LogP contribution >= 0.6 is 15.9 Å². The number of hydrogen-bond donors (Lipinski definition) is 1. The highest BCUT2D eigenvalue weighted by Gasteiger charge is 2.34. The van der Waals surface area contributed by atoms with Crippen LogP contribution in [0.15, 0.2) is 4.47 Å². The maximum absolute atomic E-state index is 12.2. The number of fused-ring (bicyclic) bond motifs is 1. The van der Waals surface area contributed by atoms with Gasteiger partial charge >= 0.3 is 0 Å². The standard InChI is InChI=1S/C12H20BrN3OS/c1-8-10(13)11-9(6-5-7-16(11)14-8)15-18(17)12(2,3)4/h9,15H,5-7H2,1-4H3/t9-,18?/m1/s1. The summed E-state index contributed by atoms with van der Waals surface area (Å²) in [6.07, 6.45) is 2.07. The lowest BCUT2D eigenvalue weighted by Gasteiger charge is -2.30. The molecular formula is C12H20BrN3OS. The first kappa shape index (κ1) is 14.4. The Balaban J connectivity index is 2.23. The van der Waals surface area contributed by atoms with Gasteiger partial charge in [-0.3, -0.25) is 4.68 Å². The second-order valence-corrected chi connectivity index (χ2v) is 8.49. The topological polar surface area (TPSA) is 52.9 Å². The van der Waals surface area contributed by atoms with E-state index in [1.807, 2.05) is 32.4 Å². The molecule has 4 nitrogen and oxygen atoms in total. The third-order valence-electron chi connectivity index (χ3n) is 3.09. The molecule has 0 aliphatic carbocycles. The Labute approximate surface area is 120 Å². The van der Waals surface area contributed by atoms with Crippen molar-refractivity contribution in [2.45, 2.75) is 57.9 Å². The van der Waals surface area contributed by atoms with Gasteiger partial charge in [-0.15, -0.1) is 4.72 Å². The van der Waals surface area contributed by atoms with Crippen LogP contribution in [0, 0.1) is 6.92 Å². The van der Waals surface area contributed by atoms with Crippen LogP contribution in [0.3, 0.4) is 0 Å². The van der Waals surface area contributed by atoms with Crippen LogP contribution in [0.1, 0.15) is 51.0 Å². The molecule has 2 heterocycles. The number of nitrogens with zero attached hydrogens (tertiary/aromatic N) is 2. The number of rotatable bonds is 2. The lowest BCUT2D eigenvalue weighted by Crippen LogP contribution is -2.42. The fourth-order valence-corrected chi connectivity index (χ4v) is 3.49. The molecule has 2 atom stereocenters. The van der Waals surface area contributed by atoms with Crippen molar-refractivity contribution in [2.75, 3.05) is 0 Å². The van der Waals surface area contributed by atoms with Gasteiger partial charge < -0.3 is 4.55 Å². The highest BCUT2D eigenvalue weighted by atomic mass is 79.9. The Bertz CT molecular complexity index is 441. The smallest absolute Gasteiger partial charge is 0.136 e. The van der Waals surface area contributed by atoms with Crippen molar-refractivity contribution in [3.63, 3.8) is 0 Å². The highest BCUT2D eigenvalue weighted by molar-refractivity contribution is 9.10. The molecule has 1 unspecified atom stereocenters. The van der Waals surface area contributed by atoms with Crippen LogP contribution in [0.5, 0.6) is 0 Å². The van der Waals surface area contributed by atoms with Crippen LogP contribution in [-0.2, 0) is 17.9 Å². The van der Waals surface area contributed by atoms with E-state index in [0.717, 1.165) is 35.2 Å². The van der Waals surface area contributed by atoms with E-state index in [-0.39, 0.29) is 10.8 Å². The Morgan fingerprint density at radius 1 is 1.50 bits per heavy atom. The van der Waals surface area contributed by atoms with Crippen LogP contribution in [-0.4, -0.2) is 19.1 Å². The van der Waals surface area contributed by atoms with E-state index in [4.69, 9.17) is 0 Å². The van der Waals surface area contributed by atoms with Gasteiger partial charge in [0.1, 0.15) is 4.75 Å². The largest absolute Gasteiger partial charge is 0.598 e. The van der Waals surface area contributed by atoms with Crippen molar-refractivity contribution >= 4 is 27.3 Å². The normalized spacial score (nSPS) is 21.8. The van der Waals surface area contributed by atoms with E-state index in [1.54, 1.807) is 0 Å². The van der Waals surface area contributed by atoms with Gasteiger partial charge in [0.05, 0.1) is 21.9 Å². The summed E-state index contributed by atoms with van der Waals surface area (Å²) in [5.41, 5.74) is 2.14. The summed E-state index contributed by atoms with van der Waals surface area (Å²) in [5.74, 6) is 0. The summed E-state index contributed by atoms with van der Waals surface area (Å²) in [5, 5.41) is 4.50. The van der Waals surface area contributed by atoms with Gasteiger partial charge in [0, 0.05) is 17.9 Å². The van der Waals surface area contributed by atoms with Crippen LogP contribution in [0.2, 0.25) is 0 Å². The molecular weight excluding hydrogens is 314 g/mol. The van der Waals surface area contributed by atoms with E-state index in [0.29, 0.717) is 0 Å². The summed E-state index contributed by atoms with van der Waals surface area (Å²) in [6.45, 7) is 8.89. The first-order chi connectivity index (χ1) is 8.30. The molecule has 0 aromatic carbocycles. The molecule has 0 saturated heterocycles. The zero-order valence-electron chi connectivity index (χ0n) is 11.3. The first-order valence-electron chi connectivity index (χ1n) is 6.21. The second kappa shape index (κ2) is 5.15. The zero-order valence-corrected chi connectivity index (χ0v) is 13.7. The summed E-state index contributed by atoms with van der Waals surface area (Å²) >= 11 is 2.54. The Hall–Kier alpha value is -0.0400. The van der Waals surface area contributed by atoms with Crippen LogP contribution < -0.4 is 4.72 Å². The Kier molecular flexibility index (Phi) is 4.11. The highest BCUT2D eigenvalue weighted by Crippen LogP contribution is 2.34. The van der Waals surface area contributed by atoms with Gasteiger partial charge in [0.25, 0.3) is 0 Å². The summed E-state index contributed by atoms with van der Waals surface area (Å²) in [4.78, 5) is 0. The van der Waals surface area contributed by atoms with E-state index in [9.17, 15) is 4.55 Å². The summed E-state index contributed by atoms with van der Waals surface area (Å²) < 4.78 is 18.3. The number of aromatic nitrogens is 2. The molecule has 0 bridgehead atoms. The van der Waals surface area contributed by atoms with Crippen molar-refractivity contribution in [1.82, 2.24) is 14.5 Å². The minimum atomic E-state index is -1.05. The predicted molar refractivity (Wildman–Crippen MR) is 77.7 cm³/mol. The molecule has 0 radical (unpaired) electrons. The molecule has 18 heavy (non-hydrogen) atoms. The second-order valence-electron chi connectivity index (χ2n) is 5.70. The maximum Gasteiger partial charge on any atom is 0.136 e. The summed E-state index contributed by atoms with van der Waals surface area (Å²) in [6, 6.07) is 0.120. The molecule has 0 amide bonds. The van der Waals surface area contributed by atoms with Crippen molar-refractivity contribution in [3.8, 4) is 0 Å². The lowest BCUT2D eigenvalue weighted by atomic mass is 10.1. The van der Waals surface area contributed by atoms with E-state index in [2.05, 4.69) is 25.8 Å². The molecule has 1 aliphatic rings. The van der Waals surface area contributed by atoms with Crippen LogP contribution in [0.25, 0.3) is 0 Å². The molecule has 1 aromatic heterocycles. The minimum absolute atomic E-state index is 0.120. The van der Waals surface area contributed by atoms with E-state index in [1.165, 1.54) is 0 Å². The molecule has 0 saturated carbocycles. The maximum atomic E-state index is 12.2. The average Bonchev–Trinajstić information content (AvgIpc) is 2.54. The number of aryl methyl sites for hydroxylation is 2. The molecule has 1 aliphatic heterocycles. The number of hydrogen-bond acceptors (Lipinski definition) is 3. The lowest BCUT2D eigenvalue weighted by molar-refractivity contribution is 0.402. The number of nitrogens with one attached hydrogen (secondary N) is 1. The molecule has 102 valence electrons. The zero-order chi connectivity index (χ0) is 13.5. The Morgan fingerprint density at radius 3 is 2.78 bits per heavy atom. The molecule has 6 heteroatoms. The van der Waals surface area contributed by atoms with Crippen LogP contribution in [0.4, 0.5) is 0 Å². The fraction of sp³-hybridized carbons (Fsp3) is 0.750. The van der Waals surface area contributed by atoms with Crippen molar-refractivity contribution in [3.05, 3.63) is 15.9 Å².